The molecule has 0 bridgehead atoms. The van der Waals surface area contributed by atoms with E-state index in [-0.39, 0.29) is 11.1 Å². The highest BCUT2D eigenvalue weighted by Gasteiger charge is 2.48. The standard InChI is InChI=1S/C16H36N2O3Si/c1-9-15(17-13-16(5,6)14-18(7)8)22(19-10-2,20-11-3)21-12-4/h13,15H,9-12,14H2,1-8H3/b17-13+. The van der Waals surface area contributed by atoms with E-state index in [0.29, 0.717) is 19.8 Å². The van der Waals surface area contributed by atoms with E-state index in [2.05, 4.69) is 39.8 Å². The quantitative estimate of drug-likeness (QED) is 0.407. The minimum Gasteiger partial charge on any atom is -0.373 e. The van der Waals surface area contributed by atoms with Crippen LogP contribution in [0.2, 0.25) is 0 Å². The fourth-order valence-electron chi connectivity index (χ4n) is 2.61. The largest absolute Gasteiger partial charge is 0.526 e. The minimum atomic E-state index is -2.78. The fraction of sp³-hybridized carbons (Fsp3) is 0.938. The highest BCUT2D eigenvalue weighted by atomic mass is 28.4. The number of nitrogens with zero attached hydrogens (tertiary/aromatic N) is 2. The molecule has 0 aromatic heterocycles. The van der Waals surface area contributed by atoms with Crippen molar-refractivity contribution in [2.24, 2.45) is 10.4 Å². The lowest BCUT2D eigenvalue weighted by atomic mass is 9.95. The second-order valence-corrected chi connectivity index (χ2v) is 9.07. The van der Waals surface area contributed by atoms with Gasteiger partial charge in [-0.2, -0.15) is 0 Å². The normalized spacial score (nSPS) is 15.0. The monoisotopic (exact) mass is 332 g/mol. The Morgan fingerprint density at radius 2 is 1.45 bits per heavy atom. The molecule has 1 unspecified atom stereocenters. The van der Waals surface area contributed by atoms with Crippen molar-refractivity contribution in [2.75, 3.05) is 40.5 Å². The van der Waals surface area contributed by atoms with Gasteiger partial charge in [-0.3, -0.25) is 4.99 Å². The number of aliphatic imine (C=N–C) groups is 1. The Morgan fingerprint density at radius 3 is 1.77 bits per heavy atom. The van der Waals surface area contributed by atoms with Crippen LogP contribution in [0.25, 0.3) is 0 Å². The van der Waals surface area contributed by atoms with Gasteiger partial charge < -0.3 is 18.2 Å². The van der Waals surface area contributed by atoms with Crippen molar-refractivity contribution in [1.82, 2.24) is 4.90 Å². The van der Waals surface area contributed by atoms with Gasteiger partial charge in [-0.1, -0.05) is 20.8 Å². The molecule has 0 radical (unpaired) electrons. The predicted molar refractivity (Wildman–Crippen MR) is 95.5 cm³/mol. The van der Waals surface area contributed by atoms with Crippen molar-refractivity contribution in [3.8, 4) is 0 Å². The van der Waals surface area contributed by atoms with Crippen molar-refractivity contribution >= 4 is 15.0 Å². The average Bonchev–Trinajstić information content (AvgIpc) is 2.38. The third-order valence-corrected chi connectivity index (χ3v) is 6.61. The van der Waals surface area contributed by atoms with Gasteiger partial charge in [0.15, 0.2) is 0 Å². The lowest BCUT2D eigenvalue weighted by Crippen LogP contribution is -2.56. The zero-order valence-electron chi connectivity index (χ0n) is 15.8. The molecule has 1 atom stereocenters. The zero-order valence-corrected chi connectivity index (χ0v) is 16.8. The smallest absolute Gasteiger partial charge is 0.373 e. The third-order valence-electron chi connectivity index (χ3n) is 3.16. The molecule has 0 aliphatic heterocycles. The first kappa shape index (κ1) is 21.7. The maximum absolute atomic E-state index is 5.98. The van der Waals surface area contributed by atoms with Gasteiger partial charge in [0.2, 0.25) is 0 Å². The summed E-state index contributed by atoms with van der Waals surface area (Å²) >= 11 is 0. The summed E-state index contributed by atoms with van der Waals surface area (Å²) in [5.41, 5.74) is -0.0457. The lowest BCUT2D eigenvalue weighted by Gasteiger charge is -2.33. The maximum atomic E-state index is 5.98. The Labute approximate surface area is 138 Å². The molecule has 22 heavy (non-hydrogen) atoms. The van der Waals surface area contributed by atoms with Crippen LogP contribution < -0.4 is 0 Å². The first-order chi connectivity index (χ1) is 10.3. The second-order valence-electron chi connectivity index (χ2n) is 6.33. The average molecular weight is 333 g/mol. The van der Waals surface area contributed by atoms with E-state index in [1.165, 1.54) is 0 Å². The molecule has 0 N–H and O–H groups in total. The van der Waals surface area contributed by atoms with Crippen LogP contribution in [0.5, 0.6) is 0 Å². The molecule has 0 aromatic rings. The molecule has 6 heteroatoms. The van der Waals surface area contributed by atoms with Gasteiger partial charge in [-0.15, -0.1) is 0 Å². The van der Waals surface area contributed by atoms with Gasteiger partial charge in [-0.05, 0) is 41.3 Å². The Kier molecular flexibility index (Phi) is 10.4. The lowest BCUT2D eigenvalue weighted by molar-refractivity contribution is 0.0621. The molecule has 0 rings (SSSR count). The Balaban J connectivity index is 5.28. The number of rotatable bonds is 12. The van der Waals surface area contributed by atoms with Gasteiger partial charge in [-0.25, -0.2) is 0 Å². The van der Waals surface area contributed by atoms with Gasteiger partial charge >= 0.3 is 8.80 Å². The summed E-state index contributed by atoms with van der Waals surface area (Å²) in [4.78, 5) is 7.00. The van der Waals surface area contributed by atoms with Gasteiger partial charge in [0.05, 0.1) is 0 Å². The topological polar surface area (TPSA) is 43.3 Å². The summed E-state index contributed by atoms with van der Waals surface area (Å²) in [6, 6.07) is 0. The van der Waals surface area contributed by atoms with Crippen LogP contribution in [0.1, 0.15) is 48.0 Å². The van der Waals surface area contributed by atoms with E-state index in [1.807, 2.05) is 27.0 Å². The van der Waals surface area contributed by atoms with Crippen molar-refractivity contribution < 1.29 is 13.3 Å². The SMILES string of the molecule is CCO[Si](OCC)(OCC)C(CC)/N=C/C(C)(C)CN(C)C. The minimum absolute atomic E-state index is 0.00169. The molecule has 0 spiro atoms. The van der Waals surface area contributed by atoms with E-state index in [0.717, 1.165) is 13.0 Å². The van der Waals surface area contributed by atoms with E-state index >= 15 is 0 Å². The van der Waals surface area contributed by atoms with E-state index in [4.69, 9.17) is 18.3 Å². The van der Waals surface area contributed by atoms with Gasteiger partial charge in [0.25, 0.3) is 0 Å². The fourth-order valence-corrected chi connectivity index (χ4v) is 5.40. The molecule has 132 valence electrons. The van der Waals surface area contributed by atoms with Crippen LogP contribution in [-0.2, 0) is 13.3 Å². The highest BCUT2D eigenvalue weighted by Crippen LogP contribution is 2.22. The van der Waals surface area contributed by atoms with Crippen LogP contribution >= 0.6 is 0 Å². The van der Waals surface area contributed by atoms with Crippen LogP contribution in [-0.4, -0.2) is 66.0 Å². The van der Waals surface area contributed by atoms with E-state index < -0.39 is 8.80 Å². The van der Waals surface area contributed by atoms with E-state index in [9.17, 15) is 0 Å². The molecule has 0 aliphatic rings. The molecule has 0 saturated carbocycles. The Bertz CT molecular complexity index is 305. The summed E-state index contributed by atoms with van der Waals surface area (Å²) in [6.07, 6.45) is 2.89. The summed E-state index contributed by atoms with van der Waals surface area (Å²) < 4.78 is 17.9. The number of hydrogen-bond acceptors (Lipinski definition) is 5. The maximum Gasteiger partial charge on any atom is 0.526 e. The molecule has 0 amide bonds. The molecule has 0 aliphatic carbocycles. The third kappa shape index (κ3) is 7.33. The molecule has 5 nitrogen and oxygen atoms in total. The van der Waals surface area contributed by atoms with Crippen LogP contribution in [0.4, 0.5) is 0 Å². The first-order valence-electron chi connectivity index (χ1n) is 8.37. The van der Waals surface area contributed by atoms with Crippen LogP contribution in [0.15, 0.2) is 4.99 Å². The summed E-state index contributed by atoms with van der Waals surface area (Å²) in [6.45, 7) is 15.1. The van der Waals surface area contributed by atoms with Crippen molar-refractivity contribution in [3.63, 3.8) is 0 Å². The molecule has 0 aromatic carbocycles. The Hall–Kier alpha value is -0.273. The van der Waals surface area contributed by atoms with E-state index in [1.54, 1.807) is 0 Å². The van der Waals surface area contributed by atoms with Crippen LogP contribution in [0, 0.1) is 5.41 Å². The van der Waals surface area contributed by atoms with Crippen molar-refractivity contribution in [3.05, 3.63) is 0 Å². The molecule has 0 heterocycles. The van der Waals surface area contributed by atoms with Crippen LogP contribution in [0.3, 0.4) is 0 Å². The molecule has 0 fully saturated rings. The summed E-state index contributed by atoms with van der Waals surface area (Å²) in [5, 5.41) is 0. The summed E-state index contributed by atoms with van der Waals surface area (Å²) in [5.74, 6) is 0. The van der Waals surface area contributed by atoms with Gasteiger partial charge in [0, 0.05) is 38.0 Å². The molecular formula is C16H36N2O3Si. The number of hydrogen-bond donors (Lipinski definition) is 0. The predicted octanol–water partition coefficient (Wildman–Crippen LogP) is 3.01. The van der Waals surface area contributed by atoms with Crippen molar-refractivity contribution in [2.45, 2.75) is 53.6 Å². The first-order valence-corrected chi connectivity index (χ1v) is 10.2. The molecule has 0 saturated heterocycles. The zero-order chi connectivity index (χ0) is 17.2. The highest BCUT2D eigenvalue weighted by molar-refractivity contribution is 6.62. The Morgan fingerprint density at radius 1 is 1.00 bits per heavy atom. The molecular weight excluding hydrogens is 296 g/mol. The second kappa shape index (κ2) is 10.5. The summed E-state index contributed by atoms with van der Waals surface area (Å²) in [7, 11) is 1.38. The van der Waals surface area contributed by atoms with Gasteiger partial charge in [0.1, 0.15) is 5.67 Å². The van der Waals surface area contributed by atoms with Crippen molar-refractivity contribution in [1.29, 1.82) is 0 Å².